The van der Waals surface area contributed by atoms with Crippen molar-refractivity contribution in [2.24, 2.45) is 7.05 Å². The zero-order valence-electron chi connectivity index (χ0n) is 19.9. The maximum atomic E-state index is 13.0. The first-order valence-corrected chi connectivity index (χ1v) is 12.2. The standard InChI is InChI=1S/C26H32N6O2/c1-3-4-16-31-22(18-30-15-9-13-21(30)20-12-8-14-29(20)2)27-24-23(31)25(33)28-26(34)32(24)17-19-10-6-5-7-11-19/h5-8,10-12,14,21H,3-4,9,13,15-18H2,1-2H3,(H,28,33,34). The van der Waals surface area contributed by atoms with Crippen molar-refractivity contribution in [1.29, 1.82) is 0 Å². The number of rotatable bonds is 8. The summed E-state index contributed by atoms with van der Waals surface area (Å²) in [5.74, 6) is 0.850. The van der Waals surface area contributed by atoms with Gasteiger partial charge in [0.1, 0.15) is 5.82 Å². The summed E-state index contributed by atoms with van der Waals surface area (Å²) >= 11 is 0. The Hall–Kier alpha value is -3.39. The number of H-pyrrole nitrogens is 1. The number of aryl methyl sites for hydroxylation is 2. The van der Waals surface area contributed by atoms with Gasteiger partial charge in [-0.3, -0.25) is 19.2 Å². The van der Waals surface area contributed by atoms with Crippen LogP contribution < -0.4 is 11.2 Å². The van der Waals surface area contributed by atoms with E-state index in [2.05, 4.69) is 46.8 Å². The van der Waals surface area contributed by atoms with Gasteiger partial charge in [0, 0.05) is 25.5 Å². The van der Waals surface area contributed by atoms with Gasteiger partial charge in [-0.15, -0.1) is 0 Å². The number of benzene rings is 1. The molecule has 3 aromatic heterocycles. The Balaban J connectivity index is 1.59. The van der Waals surface area contributed by atoms with Crippen molar-refractivity contribution < 1.29 is 0 Å². The molecule has 0 amide bonds. The number of nitrogens with one attached hydrogen (secondary N) is 1. The summed E-state index contributed by atoms with van der Waals surface area (Å²) in [6.07, 6.45) is 6.27. The van der Waals surface area contributed by atoms with Crippen LogP contribution in [0.2, 0.25) is 0 Å². The average molecular weight is 461 g/mol. The van der Waals surface area contributed by atoms with Crippen LogP contribution in [-0.4, -0.2) is 35.1 Å². The number of aromatic nitrogens is 5. The van der Waals surface area contributed by atoms with E-state index in [4.69, 9.17) is 4.98 Å². The molecule has 1 unspecified atom stereocenters. The zero-order valence-corrected chi connectivity index (χ0v) is 19.9. The summed E-state index contributed by atoms with van der Waals surface area (Å²) < 4.78 is 5.82. The molecule has 1 fully saturated rings. The van der Waals surface area contributed by atoms with E-state index in [1.165, 1.54) is 5.69 Å². The summed E-state index contributed by atoms with van der Waals surface area (Å²) in [6, 6.07) is 14.4. The summed E-state index contributed by atoms with van der Waals surface area (Å²) in [5.41, 5.74) is 2.47. The van der Waals surface area contributed by atoms with Gasteiger partial charge in [0.05, 0.1) is 19.1 Å². The third kappa shape index (κ3) is 4.14. The van der Waals surface area contributed by atoms with Crippen molar-refractivity contribution in [1.82, 2.24) is 28.6 Å². The van der Waals surface area contributed by atoms with Gasteiger partial charge in [-0.25, -0.2) is 9.78 Å². The minimum atomic E-state index is -0.420. The lowest BCUT2D eigenvalue weighted by Crippen LogP contribution is -2.31. The van der Waals surface area contributed by atoms with E-state index in [9.17, 15) is 9.59 Å². The summed E-state index contributed by atoms with van der Waals surface area (Å²) in [6.45, 7) is 4.85. The molecule has 4 heterocycles. The Morgan fingerprint density at radius 2 is 1.88 bits per heavy atom. The monoisotopic (exact) mass is 460 g/mol. The van der Waals surface area contributed by atoms with E-state index >= 15 is 0 Å². The molecule has 0 saturated carbocycles. The zero-order chi connectivity index (χ0) is 23.7. The molecule has 4 aromatic rings. The molecule has 1 aliphatic heterocycles. The lowest BCUT2D eigenvalue weighted by Gasteiger charge is -2.25. The highest BCUT2D eigenvalue weighted by Gasteiger charge is 2.29. The van der Waals surface area contributed by atoms with E-state index in [0.717, 1.165) is 43.6 Å². The predicted octanol–water partition coefficient (Wildman–Crippen LogP) is 3.41. The molecule has 1 atom stereocenters. The SMILES string of the molecule is CCCCn1c(CN2CCCC2c2cccn2C)nc2c1c(=O)[nH]c(=O)n2Cc1ccccc1. The van der Waals surface area contributed by atoms with Gasteiger partial charge in [-0.1, -0.05) is 43.7 Å². The van der Waals surface area contributed by atoms with Crippen molar-refractivity contribution in [2.75, 3.05) is 6.54 Å². The smallest absolute Gasteiger partial charge is 0.330 e. The molecule has 5 rings (SSSR count). The maximum absolute atomic E-state index is 13.0. The number of fused-ring (bicyclic) bond motifs is 1. The van der Waals surface area contributed by atoms with Crippen molar-refractivity contribution in [3.05, 3.63) is 86.6 Å². The molecule has 1 saturated heterocycles. The van der Waals surface area contributed by atoms with Crippen molar-refractivity contribution >= 4 is 11.2 Å². The second kappa shape index (κ2) is 9.46. The average Bonchev–Trinajstić information content (AvgIpc) is 3.55. The fraction of sp³-hybridized carbons (Fsp3) is 0.423. The Labute approximate surface area is 198 Å². The third-order valence-corrected chi connectivity index (χ3v) is 6.92. The van der Waals surface area contributed by atoms with Gasteiger partial charge in [0.2, 0.25) is 0 Å². The largest absolute Gasteiger partial charge is 0.353 e. The quantitative estimate of drug-likeness (QED) is 0.437. The Morgan fingerprint density at radius 3 is 2.62 bits per heavy atom. The van der Waals surface area contributed by atoms with E-state index in [1.807, 2.05) is 34.9 Å². The fourth-order valence-corrected chi connectivity index (χ4v) is 5.16. The third-order valence-electron chi connectivity index (χ3n) is 6.92. The first-order valence-electron chi connectivity index (χ1n) is 12.2. The molecule has 8 nitrogen and oxygen atoms in total. The van der Waals surface area contributed by atoms with Gasteiger partial charge in [0.15, 0.2) is 11.2 Å². The number of likely N-dealkylation sites (tertiary alicyclic amines) is 1. The Morgan fingerprint density at radius 1 is 1.06 bits per heavy atom. The van der Waals surface area contributed by atoms with Crippen molar-refractivity contribution in [3.63, 3.8) is 0 Å². The van der Waals surface area contributed by atoms with E-state index in [0.29, 0.717) is 36.8 Å². The van der Waals surface area contributed by atoms with Gasteiger partial charge in [0.25, 0.3) is 5.56 Å². The second-order valence-electron chi connectivity index (χ2n) is 9.21. The van der Waals surface area contributed by atoms with Crippen LogP contribution in [0.5, 0.6) is 0 Å². The Kier molecular flexibility index (Phi) is 6.24. The van der Waals surface area contributed by atoms with Crippen LogP contribution in [0.15, 0.2) is 58.3 Å². The highest BCUT2D eigenvalue weighted by molar-refractivity contribution is 5.71. The molecule has 0 aliphatic carbocycles. The molecular weight excluding hydrogens is 428 g/mol. The number of imidazole rings is 1. The predicted molar refractivity (Wildman–Crippen MR) is 133 cm³/mol. The van der Waals surface area contributed by atoms with Gasteiger partial charge < -0.3 is 9.13 Å². The normalized spacial score (nSPS) is 16.6. The molecule has 1 N–H and O–H groups in total. The molecule has 178 valence electrons. The van der Waals surface area contributed by atoms with Crippen LogP contribution >= 0.6 is 0 Å². The van der Waals surface area contributed by atoms with Crippen LogP contribution in [0.25, 0.3) is 11.2 Å². The lowest BCUT2D eigenvalue weighted by atomic mass is 10.1. The first-order chi connectivity index (χ1) is 16.6. The summed E-state index contributed by atoms with van der Waals surface area (Å²) in [7, 11) is 2.09. The van der Waals surface area contributed by atoms with Gasteiger partial charge in [-0.2, -0.15) is 0 Å². The highest BCUT2D eigenvalue weighted by atomic mass is 16.2. The Bertz CT molecular complexity index is 1390. The molecular formula is C26H32N6O2. The molecule has 0 radical (unpaired) electrons. The fourth-order valence-electron chi connectivity index (χ4n) is 5.16. The van der Waals surface area contributed by atoms with Crippen molar-refractivity contribution in [3.8, 4) is 0 Å². The molecule has 1 aromatic carbocycles. The molecule has 0 bridgehead atoms. The number of nitrogens with zero attached hydrogens (tertiary/aromatic N) is 5. The second-order valence-corrected chi connectivity index (χ2v) is 9.21. The van der Waals surface area contributed by atoms with Crippen LogP contribution in [0, 0.1) is 0 Å². The molecule has 8 heteroatoms. The van der Waals surface area contributed by atoms with E-state index in [-0.39, 0.29) is 5.56 Å². The van der Waals surface area contributed by atoms with Gasteiger partial charge >= 0.3 is 5.69 Å². The number of unbranched alkanes of at least 4 members (excludes halogenated alkanes) is 1. The van der Waals surface area contributed by atoms with E-state index in [1.54, 1.807) is 4.57 Å². The van der Waals surface area contributed by atoms with Crippen LogP contribution in [0.3, 0.4) is 0 Å². The molecule has 34 heavy (non-hydrogen) atoms. The van der Waals surface area contributed by atoms with E-state index < -0.39 is 5.69 Å². The number of aromatic amines is 1. The van der Waals surface area contributed by atoms with Crippen molar-refractivity contribution in [2.45, 2.75) is 58.3 Å². The topological polar surface area (TPSA) is 80.8 Å². The lowest BCUT2D eigenvalue weighted by molar-refractivity contribution is 0.232. The number of hydrogen-bond donors (Lipinski definition) is 1. The van der Waals surface area contributed by atoms with Crippen LogP contribution in [0.4, 0.5) is 0 Å². The highest BCUT2D eigenvalue weighted by Crippen LogP contribution is 2.33. The minimum absolute atomic E-state index is 0.323. The summed E-state index contributed by atoms with van der Waals surface area (Å²) in [5, 5.41) is 0. The van der Waals surface area contributed by atoms with Crippen LogP contribution in [0.1, 0.15) is 55.7 Å². The molecule has 0 spiro atoms. The van der Waals surface area contributed by atoms with Gasteiger partial charge in [-0.05, 0) is 43.5 Å². The minimum Gasteiger partial charge on any atom is -0.353 e. The molecule has 1 aliphatic rings. The summed E-state index contributed by atoms with van der Waals surface area (Å²) in [4.78, 5) is 35.7. The number of hydrogen-bond acceptors (Lipinski definition) is 4. The maximum Gasteiger partial charge on any atom is 0.330 e. The van der Waals surface area contributed by atoms with Crippen LogP contribution in [-0.2, 0) is 26.7 Å². The first kappa shape index (κ1) is 22.4.